The van der Waals surface area contributed by atoms with E-state index in [4.69, 9.17) is 32.7 Å². The first-order chi connectivity index (χ1) is 16.3. The topological polar surface area (TPSA) is 89.0 Å². The van der Waals surface area contributed by atoms with Crippen LogP contribution in [0.2, 0.25) is 10.0 Å². The molecule has 0 saturated carbocycles. The molecule has 2 aromatic carbocycles. The number of benzene rings is 2. The third kappa shape index (κ3) is 3.87. The van der Waals surface area contributed by atoms with Crippen molar-refractivity contribution in [3.05, 3.63) is 87.2 Å². The maximum atomic E-state index is 13.3. The predicted octanol–water partition coefficient (Wildman–Crippen LogP) is 5.34. The quantitative estimate of drug-likeness (QED) is 0.290. The molecule has 1 fully saturated rings. The van der Waals surface area contributed by atoms with Gasteiger partial charge in [-0.15, -0.1) is 0 Å². The molecule has 3 aromatic rings. The number of carbonyl (C=O) groups is 2. The Hall–Kier alpha value is -3.55. The second-order valence-corrected chi connectivity index (χ2v) is 8.34. The van der Waals surface area contributed by atoms with Gasteiger partial charge < -0.3 is 14.6 Å². The van der Waals surface area contributed by atoms with Crippen LogP contribution in [0.3, 0.4) is 0 Å². The molecular weight excluding hydrogens is 479 g/mol. The average molecular weight is 499 g/mol. The molecule has 0 aliphatic carbocycles. The molecule has 1 saturated heterocycles. The Balaban J connectivity index is 2.02. The van der Waals surface area contributed by atoms with E-state index in [2.05, 4.69) is 4.98 Å². The summed E-state index contributed by atoms with van der Waals surface area (Å²) in [5.74, 6) is -1.59. The van der Waals surface area contributed by atoms with Crippen LogP contribution in [0.15, 0.2) is 60.4 Å². The Kier molecular flexibility index (Phi) is 6.50. The number of rotatable bonds is 5. The Morgan fingerprint density at radius 1 is 1.00 bits per heavy atom. The van der Waals surface area contributed by atoms with Gasteiger partial charge in [0.2, 0.25) is 0 Å². The zero-order valence-electron chi connectivity index (χ0n) is 18.5. The smallest absolute Gasteiger partial charge is 0.300 e. The molecule has 0 spiro atoms. The summed E-state index contributed by atoms with van der Waals surface area (Å²) in [4.78, 5) is 32.0. The number of hydrogen-bond donors (Lipinski definition) is 1. The number of Topliss-reactive ketones (excluding diaryl/α,β-unsaturated/α-hetero) is 1. The minimum absolute atomic E-state index is 0.113. The normalized spacial score (nSPS) is 17.2. The molecule has 0 radical (unpaired) electrons. The molecule has 1 unspecified atom stereocenters. The van der Waals surface area contributed by atoms with Crippen molar-refractivity contribution in [1.29, 1.82) is 0 Å². The molecule has 34 heavy (non-hydrogen) atoms. The Bertz CT molecular complexity index is 1320. The van der Waals surface area contributed by atoms with Gasteiger partial charge in [-0.2, -0.15) is 0 Å². The van der Waals surface area contributed by atoms with E-state index >= 15 is 0 Å². The number of aliphatic hydroxyl groups is 1. The van der Waals surface area contributed by atoms with Crippen molar-refractivity contribution < 1.29 is 24.2 Å². The van der Waals surface area contributed by atoms with E-state index in [1.54, 1.807) is 49.6 Å². The number of ketones is 1. The number of aromatic nitrogens is 1. The van der Waals surface area contributed by atoms with E-state index in [-0.39, 0.29) is 27.7 Å². The maximum Gasteiger partial charge on any atom is 0.300 e. The molecule has 1 aliphatic rings. The van der Waals surface area contributed by atoms with Crippen LogP contribution in [0, 0.1) is 6.92 Å². The molecule has 9 heteroatoms. The van der Waals surface area contributed by atoms with Crippen LogP contribution in [-0.2, 0) is 9.59 Å². The fraction of sp³-hybridized carbons (Fsp3) is 0.160. The first-order valence-electron chi connectivity index (χ1n) is 10.2. The number of amides is 1. The lowest BCUT2D eigenvalue weighted by Gasteiger charge is -2.27. The van der Waals surface area contributed by atoms with Crippen LogP contribution < -0.4 is 14.4 Å². The summed E-state index contributed by atoms with van der Waals surface area (Å²) < 4.78 is 10.7. The summed E-state index contributed by atoms with van der Waals surface area (Å²) in [6.45, 7) is 1.76. The first kappa shape index (κ1) is 23.6. The zero-order valence-corrected chi connectivity index (χ0v) is 20.0. The highest BCUT2D eigenvalue weighted by molar-refractivity contribution is 6.52. The Labute approximate surface area is 206 Å². The van der Waals surface area contributed by atoms with Crippen molar-refractivity contribution in [2.24, 2.45) is 0 Å². The van der Waals surface area contributed by atoms with Crippen molar-refractivity contribution in [3.8, 4) is 11.5 Å². The van der Waals surface area contributed by atoms with Gasteiger partial charge in [0.05, 0.1) is 36.4 Å². The molecule has 2 heterocycles. The second kappa shape index (κ2) is 9.37. The molecule has 1 N–H and O–H groups in total. The molecule has 1 aliphatic heterocycles. The van der Waals surface area contributed by atoms with Crippen molar-refractivity contribution in [2.45, 2.75) is 13.0 Å². The number of pyridine rings is 1. The van der Waals surface area contributed by atoms with E-state index in [0.29, 0.717) is 21.8 Å². The monoisotopic (exact) mass is 498 g/mol. The molecule has 1 atom stereocenters. The minimum Gasteiger partial charge on any atom is -0.507 e. The van der Waals surface area contributed by atoms with Gasteiger partial charge in [-0.25, -0.2) is 0 Å². The van der Waals surface area contributed by atoms with Crippen molar-refractivity contribution in [3.63, 3.8) is 0 Å². The van der Waals surface area contributed by atoms with Crippen LogP contribution in [0.4, 0.5) is 5.69 Å². The van der Waals surface area contributed by atoms with Gasteiger partial charge in [-0.1, -0.05) is 29.3 Å². The number of methoxy groups -OCH3 is 2. The highest BCUT2D eigenvalue weighted by atomic mass is 35.5. The molecular formula is C25H20Cl2N2O5. The highest BCUT2D eigenvalue weighted by Crippen LogP contribution is 2.45. The zero-order chi connectivity index (χ0) is 24.6. The fourth-order valence-electron chi connectivity index (χ4n) is 3.99. The van der Waals surface area contributed by atoms with Gasteiger partial charge in [0, 0.05) is 29.2 Å². The molecule has 1 amide bonds. The fourth-order valence-corrected chi connectivity index (χ4v) is 4.39. The summed E-state index contributed by atoms with van der Waals surface area (Å²) in [6.07, 6.45) is 3.10. The first-order valence-corrected chi connectivity index (χ1v) is 10.9. The summed E-state index contributed by atoms with van der Waals surface area (Å²) in [5, 5.41) is 12.1. The van der Waals surface area contributed by atoms with Gasteiger partial charge in [0.1, 0.15) is 17.3 Å². The van der Waals surface area contributed by atoms with Gasteiger partial charge in [0.15, 0.2) is 0 Å². The summed E-state index contributed by atoms with van der Waals surface area (Å²) in [7, 11) is 2.83. The number of halogens is 2. The number of ether oxygens (including phenoxy) is 2. The van der Waals surface area contributed by atoms with Crippen molar-refractivity contribution >= 4 is 46.3 Å². The van der Waals surface area contributed by atoms with Crippen molar-refractivity contribution in [1.82, 2.24) is 4.98 Å². The number of carbonyl (C=O) groups excluding carboxylic acids is 2. The Morgan fingerprint density at radius 3 is 2.32 bits per heavy atom. The third-order valence-corrected chi connectivity index (χ3v) is 6.40. The number of anilines is 1. The average Bonchev–Trinajstić information content (AvgIpc) is 3.11. The number of hydrogen-bond acceptors (Lipinski definition) is 6. The van der Waals surface area contributed by atoms with Gasteiger partial charge in [0.25, 0.3) is 11.7 Å². The standard InChI is InChI=1S/C25H20Cl2N2O5/c1-13-16(26)5-4-6-18(13)29-22(14-7-9-28-10-8-14)21(24(31)25(29)32)23(30)15-11-20(34-3)17(27)12-19(15)33-2/h4-12,22,30H,1-3H3/b23-21+. The van der Waals surface area contributed by atoms with Crippen molar-refractivity contribution in [2.75, 3.05) is 19.1 Å². The van der Waals surface area contributed by atoms with E-state index in [1.165, 1.54) is 31.3 Å². The lowest BCUT2D eigenvalue weighted by atomic mass is 9.95. The largest absolute Gasteiger partial charge is 0.507 e. The number of aliphatic hydroxyl groups excluding tert-OH is 1. The molecule has 174 valence electrons. The molecule has 1 aromatic heterocycles. The molecule has 7 nitrogen and oxygen atoms in total. The Morgan fingerprint density at radius 2 is 1.68 bits per heavy atom. The second-order valence-electron chi connectivity index (χ2n) is 7.52. The van der Waals surface area contributed by atoms with Crippen LogP contribution in [0.1, 0.15) is 22.7 Å². The minimum atomic E-state index is -0.938. The highest BCUT2D eigenvalue weighted by Gasteiger charge is 2.47. The van der Waals surface area contributed by atoms with Crippen LogP contribution in [0.25, 0.3) is 5.76 Å². The SMILES string of the molecule is COc1cc(/C(O)=C2\C(=O)C(=O)N(c3cccc(Cl)c3C)C2c2ccncc2)c(OC)cc1Cl. The van der Waals surface area contributed by atoms with Gasteiger partial charge in [-0.3, -0.25) is 19.5 Å². The van der Waals surface area contributed by atoms with E-state index in [1.807, 2.05) is 0 Å². The predicted molar refractivity (Wildman–Crippen MR) is 130 cm³/mol. The molecule has 4 rings (SSSR count). The maximum absolute atomic E-state index is 13.3. The van der Waals surface area contributed by atoms with E-state index in [9.17, 15) is 14.7 Å². The lowest BCUT2D eigenvalue weighted by Crippen LogP contribution is -2.30. The number of nitrogens with zero attached hydrogens (tertiary/aromatic N) is 2. The van der Waals surface area contributed by atoms with E-state index in [0.717, 1.165) is 0 Å². The van der Waals surface area contributed by atoms with E-state index < -0.39 is 23.5 Å². The van der Waals surface area contributed by atoms with Crippen LogP contribution in [0.5, 0.6) is 11.5 Å². The molecule has 0 bridgehead atoms. The third-order valence-electron chi connectivity index (χ3n) is 5.69. The van der Waals surface area contributed by atoms with Gasteiger partial charge >= 0.3 is 0 Å². The summed E-state index contributed by atoms with van der Waals surface area (Å²) in [5.41, 5.74) is 1.70. The van der Waals surface area contributed by atoms with Gasteiger partial charge in [-0.05, 0) is 48.4 Å². The summed E-state index contributed by atoms with van der Waals surface area (Å²) >= 11 is 12.5. The van der Waals surface area contributed by atoms with Crippen LogP contribution in [-0.4, -0.2) is 36.0 Å². The summed E-state index contributed by atoms with van der Waals surface area (Å²) in [6, 6.07) is 10.4. The van der Waals surface area contributed by atoms with Crippen LogP contribution >= 0.6 is 23.2 Å². The lowest BCUT2D eigenvalue weighted by molar-refractivity contribution is -0.132.